The second-order valence-corrected chi connectivity index (χ2v) is 5.63. The van der Waals surface area contributed by atoms with Gasteiger partial charge in [0.05, 0.1) is 0 Å². The maximum Gasteiger partial charge on any atom is 0.260 e. The Morgan fingerprint density at radius 3 is 2.79 bits per heavy atom. The van der Waals surface area contributed by atoms with E-state index in [-0.39, 0.29) is 12.5 Å². The van der Waals surface area contributed by atoms with Gasteiger partial charge < -0.3 is 15.0 Å². The number of carbonyl (C=O) groups is 1. The first kappa shape index (κ1) is 12.5. The molecule has 0 aromatic heterocycles. The summed E-state index contributed by atoms with van der Waals surface area (Å²) in [6.45, 7) is 4.09. The van der Waals surface area contributed by atoms with E-state index in [9.17, 15) is 4.79 Å². The lowest BCUT2D eigenvalue weighted by atomic mass is 9.74. The van der Waals surface area contributed by atoms with Crippen molar-refractivity contribution in [3.63, 3.8) is 0 Å². The molecule has 2 aliphatic heterocycles. The largest absolute Gasteiger partial charge is 0.484 e. The number of carbonyl (C=O) groups excluding carboxylic acids is 1. The number of hydrogen-bond donors (Lipinski definition) is 1. The van der Waals surface area contributed by atoms with Crippen molar-refractivity contribution >= 4 is 5.91 Å². The molecule has 2 fully saturated rings. The molecule has 1 N–H and O–H groups in total. The molecule has 0 bridgehead atoms. The fraction of sp³-hybridized carbons (Fsp3) is 0.533. The van der Waals surface area contributed by atoms with E-state index in [0.29, 0.717) is 5.41 Å². The van der Waals surface area contributed by atoms with Crippen LogP contribution in [-0.4, -0.2) is 43.6 Å². The molecular weight excluding hydrogens is 240 g/mol. The van der Waals surface area contributed by atoms with Crippen LogP contribution < -0.4 is 10.1 Å². The summed E-state index contributed by atoms with van der Waals surface area (Å²) in [7, 11) is 0. The molecule has 0 atom stereocenters. The van der Waals surface area contributed by atoms with Gasteiger partial charge in [-0.1, -0.05) is 18.2 Å². The summed E-state index contributed by atoms with van der Waals surface area (Å²) in [5, 5.41) is 3.43. The Hall–Kier alpha value is -1.55. The van der Waals surface area contributed by atoms with Gasteiger partial charge in [-0.2, -0.15) is 0 Å². The summed E-state index contributed by atoms with van der Waals surface area (Å²) in [6.07, 6.45) is 2.46. The molecule has 4 heteroatoms. The molecule has 1 aromatic carbocycles. The van der Waals surface area contributed by atoms with E-state index < -0.39 is 0 Å². The first-order chi connectivity index (χ1) is 9.27. The summed E-state index contributed by atoms with van der Waals surface area (Å²) in [6, 6.07) is 9.49. The van der Waals surface area contributed by atoms with Crippen LogP contribution in [0.15, 0.2) is 30.3 Å². The van der Waals surface area contributed by atoms with Crippen LogP contribution in [0.5, 0.6) is 5.75 Å². The molecule has 1 spiro atoms. The van der Waals surface area contributed by atoms with Gasteiger partial charge in [-0.25, -0.2) is 0 Å². The third-order valence-corrected chi connectivity index (χ3v) is 4.07. The number of para-hydroxylation sites is 1. The molecular formula is C15H20N2O2. The number of ether oxygens (including phenoxy) is 1. The van der Waals surface area contributed by atoms with Crippen LogP contribution in [0.4, 0.5) is 0 Å². The monoisotopic (exact) mass is 260 g/mol. The van der Waals surface area contributed by atoms with Gasteiger partial charge in [0.1, 0.15) is 5.75 Å². The van der Waals surface area contributed by atoms with E-state index in [1.807, 2.05) is 35.2 Å². The van der Waals surface area contributed by atoms with Gasteiger partial charge in [0.25, 0.3) is 5.91 Å². The molecule has 19 heavy (non-hydrogen) atoms. The molecule has 1 aromatic rings. The molecule has 102 valence electrons. The number of likely N-dealkylation sites (tertiary alicyclic amines) is 1. The van der Waals surface area contributed by atoms with Crippen molar-refractivity contribution in [3.8, 4) is 5.75 Å². The summed E-state index contributed by atoms with van der Waals surface area (Å²) in [4.78, 5) is 13.9. The molecule has 4 nitrogen and oxygen atoms in total. The van der Waals surface area contributed by atoms with Gasteiger partial charge in [0, 0.05) is 25.0 Å². The van der Waals surface area contributed by atoms with Crippen LogP contribution in [-0.2, 0) is 4.79 Å². The maximum atomic E-state index is 12.0. The van der Waals surface area contributed by atoms with Gasteiger partial charge in [0.15, 0.2) is 6.61 Å². The highest BCUT2D eigenvalue weighted by atomic mass is 16.5. The molecule has 0 radical (unpaired) electrons. The third kappa shape index (κ3) is 2.73. The zero-order valence-corrected chi connectivity index (χ0v) is 11.1. The van der Waals surface area contributed by atoms with Gasteiger partial charge in [-0.15, -0.1) is 0 Å². The average molecular weight is 260 g/mol. The predicted octanol–water partition coefficient (Wildman–Crippen LogP) is 1.28. The number of amides is 1. The predicted molar refractivity (Wildman–Crippen MR) is 73.1 cm³/mol. The molecule has 2 saturated heterocycles. The highest BCUT2D eigenvalue weighted by Gasteiger charge is 2.45. The molecule has 0 saturated carbocycles. The lowest BCUT2D eigenvalue weighted by molar-refractivity contribution is -0.146. The van der Waals surface area contributed by atoms with E-state index in [2.05, 4.69) is 5.32 Å². The maximum absolute atomic E-state index is 12.0. The van der Waals surface area contributed by atoms with Gasteiger partial charge in [-0.05, 0) is 31.5 Å². The summed E-state index contributed by atoms with van der Waals surface area (Å²) < 4.78 is 5.49. The Morgan fingerprint density at radius 1 is 1.32 bits per heavy atom. The van der Waals surface area contributed by atoms with E-state index >= 15 is 0 Å². The smallest absolute Gasteiger partial charge is 0.260 e. The summed E-state index contributed by atoms with van der Waals surface area (Å²) in [5.74, 6) is 0.852. The Balaban J connectivity index is 1.45. The van der Waals surface area contributed by atoms with Crippen LogP contribution in [0, 0.1) is 5.41 Å². The fourth-order valence-electron chi connectivity index (χ4n) is 2.99. The Morgan fingerprint density at radius 2 is 2.11 bits per heavy atom. The molecule has 3 rings (SSSR count). The van der Waals surface area contributed by atoms with E-state index in [1.54, 1.807) is 0 Å². The summed E-state index contributed by atoms with van der Waals surface area (Å²) in [5.41, 5.74) is 0.348. The number of benzene rings is 1. The zero-order valence-electron chi connectivity index (χ0n) is 11.1. The van der Waals surface area contributed by atoms with Crippen LogP contribution in [0.1, 0.15) is 12.8 Å². The second-order valence-electron chi connectivity index (χ2n) is 5.63. The third-order valence-electron chi connectivity index (χ3n) is 4.07. The van der Waals surface area contributed by atoms with Crippen LogP contribution in [0.3, 0.4) is 0 Å². The zero-order chi connectivity index (χ0) is 13.1. The van der Waals surface area contributed by atoms with Crippen molar-refractivity contribution in [2.75, 3.05) is 32.8 Å². The average Bonchev–Trinajstić information content (AvgIpc) is 2.44. The first-order valence-electron chi connectivity index (χ1n) is 6.94. The number of rotatable bonds is 3. The quantitative estimate of drug-likeness (QED) is 0.890. The minimum atomic E-state index is 0.0973. The number of nitrogens with one attached hydrogen (secondary N) is 1. The highest BCUT2D eigenvalue weighted by molar-refractivity contribution is 5.78. The van der Waals surface area contributed by atoms with E-state index in [0.717, 1.165) is 31.9 Å². The van der Waals surface area contributed by atoms with Crippen molar-refractivity contribution in [3.05, 3.63) is 30.3 Å². The Bertz CT molecular complexity index is 433. The van der Waals surface area contributed by atoms with E-state index in [1.165, 1.54) is 12.8 Å². The highest BCUT2D eigenvalue weighted by Crippen LogP contribution is 2.36. The second kappa shape index (κ2) is 5.21. The van der Waals surface area contributed by atoms with Gasteiger partial charge in [-0.3, -0.25) is 4.79 Å². The van der Waals surface area contributed by atoms with Crippen LogP contribution in [0.25, 0.3) is 0 Å². The SMILES string of the molecule is O=C(COc1ccccc1)N1CC2(CCCNC2)C1. The molecule has 2 aliphatic rings. The number of hydrogen-bond acceptors (Lipinski definition) is 3. The molecule has 0 aliphatic carbocycles. The minimum Gasteiger partial charge on any atom is -0.484 e. The number of piperidine rings is 1. The normalized spacial score (nSPS) is 20.9. The topological polar surface area (TPSA) is 41.6 Å². The molecule has 1 amide bonds. The van der Waals surface area contributed by atoms with Crippen LogP contribution in [0.2, 0.25) is 0 Å². The first-order valence-corrected chi connectivity index (χ1v) is 6.94. The standard InChI is InChI=1S/C15H20N2O2/c18-14(9-19-13-5-2-1-3-6-13)17-11-15(12-17)7-4-8-16-10-15/h1-3,5-6,16H,4,7-12H2. The fourth-order valence-corrected chi connectivity index (χ4v) is 2.99. The van der Waals surface area contributed by atoms with Gasteiger partial charge >= 0.3 is 0 Å². The van der Waals surface area contributed by atoms with Crippen molar-refractivity contribution in [1.82, 2.24) is 10.2 Å². The van der Waals surface area contributed by atoms with Crippen LogP contribution >= 0.6 is 0 Å². The summed E-state index contributed by atoms with van der Waals surface area (Å²) >= 11 is 0. The van der Waals surface area contributed by atoms with E-state index in [4.69, 9.17) is 4.74 Å². The van der Waals surface area contributed by atoms with Crippen molar-refractivity contribution in [1.29, 1.82) is 0 Å². The number of nitrogens with zero attached hydrogens (tertiary/aromatic N) is 1. The van der Waals surface area contributed by atoms with Crippen molar-refractivity contribution in [2.24, 2.45) is 5.41 Å². The lowest BCUT2D eigenvalue weighted by Crippen LogP contribution is -2.64. The Kier molecular flexibility index (Phi) is 3.42. The van der Waals surface area contributed by atoms with Crippen molar-refractivity contribution in [2.45, 2.75) is 12.8 Å². The lowest BCUT2D eigenvalue weighted by Gasteiger charge is -2.52. The molecule has 0 unspecified atom stereocenters. The minimum absolute atomic E-state index is 0.0973. The molecule has 2 heterocycles. The van der Waals surface area contributed by atoms with Crippen molar-refractivity contribution < 1.29 is 9.53 Å². The van der Waals surface area contributed by atoms with Gasteiger partial charge in [0.2, 0.25) is 0 Å². The Labute approximate surface area is 113 Å².